The molecule has 0 aliphatic carbocycles. The highest BCUT2D eigenvalue weighted by atomic mass is 16.5. The summed E-state index contributed by atoms with van der Waals surface area (Å²) in [5.41, 5.74) is 2.59. The molecule has 108 valence electrons. The van der Waals surface area contributed by atoms with Gasteiger partial charge in [-0.05, 0) is 49.1 Å². The van der Waals surface area contributed by atoms with Crippen molar-refractivity contribution in [1.29, 1.82) is 0 Å². The lowest BCUT2D eigenvalue weighted by Crippen LogP contribution is -2.22. The molecule has 0 heterocycles. The van der Waals surface area contributed by atoms with Crippen LogP contribution in [0.25, 0.3) is 0 Å². The van der Waals surface area contributed by atoms with Gasteiger partial charge in [-0.3, -0.25) is 0 Å². The normalized spacial score (nSPS) is 11.0. The maximum absolute atomic E-state index is 5.79. The van der Waals surface area contributed by atoms with E-state index in [1.165, 1.54) is 11.1 Å². The Labute approximate surface area is 117 Å². The van der Waals surface area contributed by atoms with Crippen LogP contribution in [-0.2, 0) is 4.74 Å². The highest BCUT2D eigenvalue weighted by Crippen LogP contribution is 2.22. The molecule has 19 heavy (non-hydrogen) atoms. The molecule has 0 aliphatic heterocycles. The summed E-state index contributed by atoms with van der Waals surface area (Å²) in [6.45, 7) is 9.88. The van der Waals surface area contributed by atoms with E-state index < -0.39 is 0 Å². The zero-order valence-corrected chi connectivity index (χ0v) is 12.7. The van der Waals surface area contributed by atoms with Crippen molar-refractivity contribution in [2.24, 2.45) is 0 Å². The maximum Gasteiger partial charge on any atom is 0.119 e. The number of nitrogens with one attached hydrogen (secondary N) is 1. The van der Waals surface area contributed by atoms with E-state index in [0.29, 0.717) is 12.5 Å². The van der Waals surface area contributed by atoms with Crippen molar-refractivity contribution >= 4 is 0 Å². The van der Waals surface area contributed by atoms with E-state index >= 15 is 0 Å². The van der Waals surface area contributed by atoms with Gasteiger partial charge in [-0.2, -0.15) is 0 Å². The lowest BCUT2D eigenvalue weighted by molar-refractivity contribution is 0.193. The monoisotopic (exact) mass is 265 g/mol. The lowest BCUT2D eigenvalue weighted by Gasteiger charge is -2.12. The Hall–Kier alpha value is -1.06. The summed E-state index contributed by atoms with van der Waals surface area (Å²) < 4.78 is 10.8. The van der Waals surface area contributed by atoms with Crippen LogP contribution in [0.15, 0.2) is 18.2 Å². The van der Waals surface area contributed by atoms with Gasteiger partial charge >= 0.3 is 0 Å². The van der Waals surface area contributed by atoms with Crippen molar-refractivity contribution < 1.29 is 9.47 Å². The first-order valence-corrected chi connectivity index (χ1v) is 7.07. The average molecular weight is 265 g/mol. The van der Waals surface area contributed by atoms with E-state index in [1.807, 2.05) is 0 Å². The van der Waals surface area contributed by atoms with Gasteiger partial charge in [0.1, 0.15) is 12.4 Å². The van der Waals surface area contributed by atoms with Crippen LogP contribution in [0, 0.1) is 6.92 Å². The van der Waals surface area contributed by atoms with Crippen LogP contribution in [0.3, 0.4) is 0 Å². The number of hydrogen-bond donors (Lipinski definition) is 1. The van der Waals surface area contributed by atoms with Gasteiger partial charge in [0, 0.05) is 20.3 Å². The van der Waals surface area contributed by atoms with Gasteiger partial charge in [0.2, 0.25) is 0 Å². The van der Waals surface area contributed by atoms with Gasteiger partial charge < -0.3 is 14.8 Å². The van der Waals surface area contributed by atoms with Gasteiger partial charge in [-0.15, -0.1) is 0 Å². The molecular formula is C16H27NO2. The molecule has 1 aromatic rings. The number of aryl methyl sites for hydroxylation is 1. The average Bonchev–Trinajstić information content (AvgIpc) is 2.37. The lowest BCUT2D eigenvalue weighted by atomic mass is 10.0. The zero-order valence-electron chi connectivity index (χ0n) is 12.7. The predicted octanol–water partition coefficient (Wildman–Crippen LogP) is 3.12. The molecule has 0 radical (unpaired) electrons. The first kappa shape index (κ1) is 16.0. The summed E-state index contributed by atoms with van der Waals surface area (Å²) in [7, 11) is 1.73. The molecule has 1 aromatic carbocycles. The number of benzene rings is 1. The van der Waals surface area contributed by atoms with Crippen LogP contribution in [-0.4, -0.2) is 33.4 Å². The van der Waals surface area contributed by atoms with E-state index in [2.05, 4.69) is 44.3 Å². The Balaban J connectivity index is 2.29. The summed E-state index contributed by atoms with van der Waals surface area (Å²) in [5.74, 6) is 1.51. The van der Waals surface area contributed by atoms with Crippen molar-refractivity contribution in [3.8, 4) is 5.75 Å². The molecular weight excluding hydrogens is 238 g/mol. The fourth-order valence-electron chi connectivity index (χ4n) is 1.90. The molecule has 0 saturated carbocycles. The van der Waals surface area contributed by atoms with Crippen molar-refractivity contribution in [3.05, 3.63) is 29.3 Å². The van der Waals surface area contributed by atoms with Crippen LogP contribution < -0.4 is 10.1 Å². The number of ether oxygens (including phenoxy) is 2. The van der Waals surface area contributed by atoms with Crippen molar-refractivity contribution in [2.45, 2.75) is 33.1 Å². The topological polar surface area (TPSA) is 30.5 Å². The van der Waals surface area contributed by atoms with Crippen molar-refractivity contribution in [2.75, 3.05) is 33.4 Å². The van der Waals surface area contributed by atoms with Crippen LogP contribution >= 0.6 is 0 Å². The number of methoxy groups -OCH3 is 1. The molecule has 0 atom stereocenters. The van der Waals surface area contributed by atoms with Crippen LogP contribution in [0.4, 0.5) is 0 Å². The van der Waals surface area contributed by atoms with Gasteiger partial charge in [0.05, 0.1) is 0 Å². The summed E-state index contributed by atoms with van der Waals surface area (Å²) >= 11 is 0. The predicted molar refractivity (Wildman–Crippen MR) is 80.1 cm³/mol. The minimum Gasteiger partial charge on any atom is -0.492 e. The SMILES string of the molecule is COCCCNCCOc1cc(C)cc(C(C)C)c1. The molecule has 1 N–H and O–H groups in total. The minimum atomic E-state index is 0.536. The van der Waals surface area contributed by atoms with E-state index in [-0.39, 0.29) is 0 Å². The molecule has 3 nitrogen and oxygen atoms in total. The molecule has 0 fully saturated rings. The van der Waals surface area contributed by atoms with Crippen LogP contribution in [0.2, 0.25) is 0 Å². The summed E-state index contributed by atoms with van der Waals surface area (Å²) in [5, 5.41) is 3.34. The molecule has 0 aromatic heterocycles. The standard InChI is InChI=1S/C16H27NO2/c1-13(2)15-10-14(3)11-16(12-15)19-9-7-17-6-5-8-18-4/h10-13,17H,5-9H2,1-4H3. The van der Waals surface area contributed by atoms with Gasteiger partial charge in [0.25, 0.3) is 0 Å². The fourth-order valence-corrected chi connectivity index (χ4v) is 1.90. The molecule has 0 bridgehead atoms. The number of hydrogen-bond acceptors (Lipinski definition) is 3. The second kappa shape index (κ2) is 8.94. The molecule has 1 rings (SSSR count). The molecule has 0 aliphatic rings. The third-order valence-corrected chi connectivity index (χ3v) is 2.99. The largest absolute Gasteiger partial charge is 0.492 e. The second-order valence-electron chi connectivity index (χ2n) is 5.18. The first-order chi connectivity index (χ1) is 9.13. The van der Waals surface area contributed by atoms with E-state index in [9.17, 15) is 0 Å². The Morgan fingerprint density at radius 2 is 1.89 bits per heavy atom. The minimum absolute atomic E-state index is 0.536. The highest BCUT2D eigenvalue weighted by Gasteiger charge is 2.03. The maximum atomic E-state index is 5.79. The van der Waals surface area contributed by atoms with Gasteiger partial charge in [0.15, 0.2) is 0 Å². The summed E-state index contributed by atoms with van der Waals surface area (Å²) in [4.78, 5) is 0. The van der Waals surface area contributed by atoms with Crippen LogP contribution in [0.5, 0.6) is 5.75 Å². The quantitative estimate of drug-likeness (QED) is 0.696. The molecule has 3 heteroatoms. The molecule has 0 saturated heterocycles. The Kier molecular flexibility index (Phi) is 7.53. The highest BCUT2D eigenvalue weighted by molar-refractivity contribution is 5.35. The van der Waals surface area contributed by atoms with Gasteiger partial charge in [-0.1, -0.05) is 19.9 Å². The first-order valence-electron chi connectivity index (χ1n) is 7.07. The van der Waals surface area contributed by atoms with E-state index in [4.69, 9.17) is 9.47 Å². The van der Waals surface area contributed by atoms with E-state index in [0.717, 1.165) is 31.9 Å². The van der Waals surface area contributed by atoms with Crippen molar-refractivity contribution in [1.82, 2.24) is 5.32 Å². The molecule has 0 unspecified atom stereocenters. The Bertz CT molecular complexity index is 364. The Morgan fingerprint density at radius 3 is 2.58 bits per heavy atom. The number of rotatable bonds is 9. The van der Waals surface area contributed by atoms with Gasteiger partial charge in [-0.25, -0.2) is 0 Å². The third kappa shape index (κ3) is 6.60. The molecule has 0 amide bonds. The molecule has 0 spiro atoms. The fraction of sp³-hybridized carbons (Fsp3) is 0.625. The van der Waals surface area contributed by atoms with Crippen molar-refractivity contribution in [3.63, 3.8) is 0 Å². The zero-order chi connectivity index (χ0) is 14.1. The summed E-state index contributed by atoms with van der Waals surface area (Å²) in [6.07, 6.45) is 1.04. The third-order valence-electron chi connectivity index (χ3n) is 2.99. The second-order valence-corrected chi connectivity index (χ2v) is 5.18. The van der Waals surface area contributed by atoms with Crippen LogP contribution in [0.1, 0.15) is 37.3 Å². The summed E-state index contributed by atoms with van der Waals surface area (Å²) in [6, 6.07) is 6.46. The smallest absolute Gasteiger partial charge is 0.119 e. The Morgan fingerprint density at radius 1 is 1.11 bits per heavy atom. The van der Waals surface area contributed by atoms with E-state index in [1.54, 1.807) is 7.11 Å².